The number of anilines is 2. The van der Waals surface area contributed by atoms with E-state index in [1.807, 2.05) is 4.90 Å². The van der Waals surface area contributed by atoms with Gasteiger partial charge in [0, 0.05) is 45.4 Å². The number of halogens is 2. The maximum atomic E-state index is 14.8. The smallest absolute Gasteiger partial charge is 0.263 e. The molecule has 0 aliphatic carbocycles. The van der Waals surface area contributed by atoms with Crippen molar-refractivity contribution < 1.29 is 26.7 Å². The summed E-state index contributed by atoms with van der Waals surface area (Å²) in [5, 5.41) is 4.65. The number of hydrogen-bond donors (Lipinski definition) is 1. The highest BCUT2D eigenvalue weighted by Crippen LogP contribution is 2.30. The van der Waals surface area contributed by atoms with Crippen LogP contribution in [0.25, 0.3) is 11.0 Å². The van der Waals surface area contributed by atoms with Gasteiger partial charge in [0.15, 0.2) is 17.3 Å². The molecule has 0 amide bonds. The highest BCUT2D eigenvalue weighted by Gasteiger charge is 2.28. The van der Waals surface area contributed by atoms with Gasteiger partial charge in [-0.05, 0) is 12.8 Å². The number of nitrogens with zero attached hydrogens (tertiary/aromatic N) is 5. The third-order valence-electron chi connectivity index (χ3n) is 6.76. The highest BCUT2D eigenvalue weighted by molar-refractivity contribution is 7.91. The molecule has 1 aromatic carbocycles. The number of methoxy groups -OCH3 is 1. The Labute approximate surface area is 211 Å². The number of H-pyrrole nitrogens is 1. The third-order valence-corrected chi connectivity index (χ3v) is 8.48. The molecule has 2 saturated heterocycles. The van der Waals surface area contributed by atoms with Crippen LogP contribution in [0, 0.1) is 11.6 Å². The van der Waals surface area contributed by atoms with E-state index in [4.69, 9.17) is 9.47 Å². The van der Waals surface area contributed by atoms with E-state index in [0.717, 1.165) is 12.1 Å². The Morgan fingerprint density at radius 2 is 1.70 bits per heavy atom. The molecule has 11 nitrogen and oxygen atoms in total. The van der Waals surface area contributed by atoms with Gasteiger partial charge >= 0.3 is 0 Å². The summed E-state index contributed by atoms with van der Waals surface area (Å²) < 4.78 is 65.0. The van der Waals surface area contributed by atoms with Crippen LogP contribution in [0.2, 0.25) is 0 Å². The lowest BCUT2D eigenvalue weighted by molar-refractivity contribution is 0.146. The van der Waals surface area contributed by atoms with Crippen molar-refractivity contribution in [3.05, 3.63) is 40.3 Å². The molecule has 0 unspecified atom stereocenters. The van der Waals surface area contributed by atoms with E-state index in [2.05, 4.69) is 15.1 Å². The third kappa shape index (κ3) is 5.25. The van der Waals surface area contributed by atoms with E-state index in [1.165, 1.54) is 13.3 Å². The van der Waals surface area contributed by atoms with Crippen molar-refractivity contribution in [3.8, 4) is 5.75 Å². The van der Waals surface area contributed by atoms with Crippen molar-refractivity contribution in [2.45, 2.75) is 18.9 Å². The Kier molecular flexibility index (Phi) is 7.03. The minimum absolute atomic E-state index is 0.0738. The molecule has 0 spiro atoms. The van der Waals surface area contributed by atoms with Gasteiger partial charge in [0.25, 0.3) is 5.56 Å². The van der Waals surface area contributed by atoms with E-state index in [0.29, 0.717) is 62.6 Å². The summed E-state index contributed by atoms with van der Waals surface area (Å²) >= 11 is 0. The molecule has 0 atom stereocenters. The minimum Gasteiger partial charge on any atom is -0.491 e. The van der Waals surface area contributed by atoms with Gasteiger partial charge in [-0.2, -0.15) is 10.1 Å². The molecule has 2 aromatic heterocycles. The predicted octanol–water partition coefficient (Wildman–Crippen LogP) is 1.50. The van der Waals surface area contributed by atoms with Crippen molar-refractivity contribution >= 4 is 32.5 Å². The molecule has 14 heteroatoms. The Morgan fingerprint density at radius 3 is 2.35 bits per heavy atom. The molecule has 37 heavy (non-hydrogen) atoms. The first kappa shape index (κ1) is 25.4. The lowest BCUT2D eigenvalue weighted by Crippen LogP contribution is -2.48. The van der Waals surface area contributed by atoms with Gasteiger partial charge in [0.05, 0.1) is 30.4 Å². The van der Waals surface area contributed by atoms with Gasteiger partial charge in [-0.25, -0.2) is 21.9 Å². The number of ether oxygens (including phenoxy) is 2. The average molecular weight is 539 g/mol. The minimum atomic E-state index is -3.04. The van der Waals surface area contributed by atoms with Crippen molar-refractivity contribution in [1.29, 1.82) is 0 Å². The second-order valence-electron chi connectivity index (χ2n) is 9.15. The topological polar surface area (TPSA) is 123 Å². The number of sulfone groups is 1. The zero-order valence-electron chi connectivity index (χ0n) is 20.3. The Morgan fingerprint density at radius 1 is 1.05 bits per heavy atom. The normalized spacial score (nSPS) is 18.5. The summed E-state index contributed by atoms with van der Waals surface area (Å²) in [5.41, 5.74) is -0.0779. The molecule has 4 heterocycles. The van der Waals surface area contributed by atoms with Gasteiger partial charge < -0.3 is 19.3 Å². The molecule has 2 fully saturated rings. The molecule has 2 aliphatic rings. The van der Waals surface area contributed by atoms with E-state index in [-0.39, 0.29) is 41.2 Å². The molecule has 1 N–H and O–H groups in total. The van der Waals surface area contributed by atoms with Crippen molar-refractivity contribution in [2.75, 3.05) is 67.8 Å². The van der Waals surface area contributed by atoms with E-state index in [1.54, 1.807) is 9.58 Å². The molecule has 0 radical (unpaired) electrons. The van der Waals surface area contributed by atoms with Gasteiger partial charge in [-0.3, -0.25) is 9.78 Å². The first-order chi connectivity index (χ1) is 17.8. The van der Waals surface area contributed by atoms with Crippen LogP contribution in [0.3, 0.4) is 0 Å². The number of rotatable bonds is 7. The molecule has 0 bridgehead atoms. The van der Waals surface area contributed by atoms with Crippen LogP contribution >= 0.6 is 0 Å². The molecule has 0 saturated carbocycles. The maximum absolute atomic E-state index is 14.8. The maximum Gasteiger partial charge on any atom is 0.263 e. The SMILES string of the molecule is COCCOc1cc(F)c(N2CCN(c3nc4c(cnn4C4CCS(=O)(=O)CC4)c(=O)[nH]3)CC2)c(F)c1. The van der Waals surface area contributed by atoms with Crippen LogP contribution in [0.15, 0.2) is 23.1 Å². The summed E-state index contributed by atoms with van der Waals surface area (Å²) in [5.74, 6) is -0.851. The van der Waals surface area contributed by atoms with Gasteiger partial charge in [-0.1, -0.05) is 0 Å². The Bertz CT molecular complexity index is 1410. The fourth-order valence-corrected chi connectivity index (χ4v) is 6.24. The van der Waals surface area contributed by atoms with Crippen molar-refractivity contribution in [1.82, 2.24) is 19.7 Å². The largest absolute Gasteiger partial charge is 0.491 e. The number of aromatic amines is 1. The van der Waals surface area contributed by atoms with Crippen molar-refractivity contribution in [3.63, 3.8) is 0 Å². The molecule has 200 valence electrons. The van der Waals surface area contributed by atoms with E-state index < -0.39 is 21.5 Å². The lowest BCUT2D eigenvalue weighted by atomic mass is 10.1. The van der Waals surface area contributed by atoms with Gasteiger partial charge in [0.1, 0.15) is 33.3 Å². The standard InChI is InChI=1S/C23H28F2N6O5S/c1-35-8-9-36-16-12-18(24)20(19(25)13-16)29-4-6-30(7-5-29)23-27-21-17(22(32)28-23)14-26-31(21)15-2-10-37(33,34)11-3-15/h12-15H,2-11H2,1H3,(H,27,28,32). The van der Waals surface area contributed by atoms with Crippen LogP contribution < -0.4 is 20.1 Å². The molecule has 3 aromatic rings. The molecule has 5 rings (SSSR count). The Hall–Kier alpha value is -3.26. The van der Waals surface area contributed by atoms with Crippen LogP contribution in [0.5, 0.6) is 5.75 Å². The Balaban J connectivity index is 1.31. The first-order valence-corrected chi connectivity index (χ1v) is 13.9. The molecular weight excluding hydrogens is 510 g/mol. The fraction of sp³-hybridized carbons (Fsp3) is 0.522. The second-order valence-corrected chi connectivity index (χ2v) is 11.5. The van der Waals surface area contributed by atoms with E-state index in [9.17, 15) is 22.0 Å². The summed E-state index contributed by atoms with van der Waals surface area (Å²) in [7, 11) is -1.53. The van der Waals surface area contributed by atoms with E-state index >= 15 is 0 Å². The number of piperazine rings is 1. The average Bonchev–Trinajstić information content (AvgIpc) is 3.29. The number of hydrogen-bond acceptors (Lipinski definition) is 9. The quantitative estimate of drug-likeness (QED) is 0.446. The second kappa shape index (κ2) is 10.2. The number of fused-ring (bicyclic) bond motifs is 1. The van der Waals surface area contributed by atoms with Crippen LogP contribution in [-0.4, -0.2) is 86.2 Å². The molecule has 2 aliphatic heterocycles. The first-order valence-electron chi connectivity index (χ1n) is 12.0. The zero-order valence-corrected chi connectivity index (χ0v) is 21.1. The highest BCUT2D eigenvalue weighted by atomic mass is 32.2. The van der Waals surface area contributed by atoms with Crippen LogP contribution in [-0.2, 0) is 14.6 Å². The monoisotopic (exact) mass is 538 g/mol. The fourth-order valence-electron chi connectivity index (χ4n) is 4.78. The lowest BCUT2D eigenvalue weighted by Gasteiger charge is -2.36. The number of benzene rings is 1. The summed E-state index contributed by atoms with van der Waals surface area (Å²) in [4.78, 5) is 23.6. The van der Waals surface area contributed by atoms with Crippen molar-refractivity contribution in [2.24, 2.45) is 0 Å². The summed E-state index contributed by atoms with van der Waals surface area (Å²) in [6.45, 7) is 1.84. The van der Waals surface area contributed by atoms with Gasteiger partial charge in [-0.15, -0.1) is 0 Å². The number of nitrogens with one attached hydrogen (secondary N) is 1. The summed E-state index contributed by atoms with van der Waals surface area (Å²) in [6.07, 6.45) is 2.27. The van der Waals surface area contributed by atoms with Gasteiger partial charge in [0.2, 0.25) is 5.95 Å². The zero-order chi connectivity index (χ0) is 26.2. The van der Waals surface area contributed by atoms with Crippen LogP contribution in [0.1, 0.15) is 18.9 Å². The molecular formula is C23H28F2N6O5S. The predicted molar refractivity (Wildman–Crippen MR) is 133 cm³/mol. The number of aromatic nitrogens is 4. The van der Waals surface area contributed by atoms with Crippen LogP contribution in [0.4, 0.5) is 20.4 Å². The summed E-state index contributed by atoms with van der Waals surface area (Å²) in [6, 6.07) is 2.16.